The zero-order chi connectivity index (χ0) is 14.9. The Morgan fingerprint density at radius 2 is 2.19 bits per heavy atom. The predicted molar refractivity (Wildman–Crippen MR) is 84.4 cm³/mol. The summed E-state index contributed by atoms with van der Waals surface area (Å²) in [7, 11) is -3.72. The maximum absolute atomic E-state index is 12.2. The van der Waals surface area contributed by atoms with Crippen LogP contribution in [0.5, 0.6) is 5.75 Å². The molecule has 0 aliphatic carbocycles. The van der Waals surface area contributed by atoms with Crippen LogP contribution in [0.2, 0.25) is 0 Å². The van der Waals surface area contributed by atoms with Crippen LogP contribution in [-0.4, -0.2) is 33.5 Å². The Bertz CT molecular complexity index is 653. The molecule has 0 saturated heterocycles. The monoisotopic (exact) mass is 399 g/mol. The third-order valence-electron chi connectivity index (χ3n) is 2.67. The molecule has 1 aromatic rings. The van der Waals surface area contributed by atoms with E-state index in [-0.39, 0.29) is 42.4 Å². The molecule has 0 spiro atoms. The van der Waals surface area contributed by atoms with Gasteiger partial charge < -0.3 is 15.8 Å². The van der Waals surface area contributed by atoms with Gasteiger partial charge in [-0.15, -0.1) is 12.4 Å². The summed E-state index contributed by atoms with van der Waals surface area (Å²) in [4.78, 5) is 11.2. The van der Waals surface area contributed by atoms with Crippen LogP contribution in [0.15, 0.2) is 21.5 Å². The number of fused-ring (bicyclic) bond motifs is 1. The number of anilines is 1. The SMILES string of the molecule is C[C@@H](CN)NS(=O)(=O)c1cc2c(cc1Br)NC(=O)CO2.Cl. The molecule has 0 saturated carbocycles. The van der Waals surface area contributed by atoms with Gasteiger partial charge in [-0.2, -0.15) is 0 Å². The van der Waals surface area contributed by atoms with Gasteiger partial charge in [0, 0.05) is 23.1 Å². The molecule has 1 heterocycles. The van der Waals surface area contributed by atoms with E-state index in [9.17, 15) is 13.2 Å². The van der Waals surface area contributed by atoms with Gasteiger partial charge in [-0.1, -0.05) is 0 Å². The van der Waals surface area contributed by atoms with Crippen LogP contribution in [0.25, 0.3) is 0 Å². The van der Waals surface area contributed by atoms with E-state index < -0.39 is 10.0 Å². The molecule has 0 unspecified atom stereocenters. The van der Waals surface area contributed by atoms with E-state index in [2.05, 4.69) is 26.0 Å². The quantitative estimate of drug-likeness (QED) is 0.693. The van der Waals surface area contributed by atoms with Crippen molar-refractivity contribution >= 4 is 50.0 Å². The Balaban J connectivity index is 0.00000220. The summed E-state index contributed by atoms with van der Waals surface area (Å²) in [5.41, 5.74) is 5.84. The summed E-state index contributed by atoms with van der Waals surface area (Å²) in [5.74, 6) is 0.0310. The van der Waals surface area contributed by atoms with Crippen molar-refractivity contribution in [3.05, 3.63) is 16.6 Å². The van der Waals surface area contributed by atoms with Crippen LogP contribution in [0.3, 0.4) is 0 Å². The topological polar surface area (TPSA) is 111 Å². The summed E-state index contributed by atoms with van der Waals surface area (Å²) in [6.45, 7) is 1.72. The lowest BCUT2D eigenvalue weighted by atomic mass is 10.2. The number of amides is 1. The number of hydrogen-bond acceptors (Lipinski definition) is 5. The molecule has 0 aromatic heterocycles. The first-order valence-corrected chi connectivity index (χ1v) is 8.09. The molecule has 10 heteroatoms. The van der Waals surface area contributed by atoms with Crippen molar-refractivity contribution in [3.8, 4) is 5.75 Å². The second-order valence-electron chi connectivity index (χ2n) is 4.37. The molecule has 0 fully saturated rings. The lowest BCUT2D eigenvalue weighted by Crippen LogP contribution is -2.38. The first-order chi connectivity index (χ1) is 9.33. The third kappa shape index (κ3) is 4.07. The lowest BCUT2D eigenvalue weighted by molar-refractivity contribution is -0.118. The molecule has 21 heavy (non-hydrogen) atoms. The number of hydrogen-bond donors (Lipinski definition) is 3. The number of nitrogens with one attached hydrogen (secondary N) is 2. The number of ether oxygens (including phenoxy) is 1. The van der Waals surface area contributed by atoms with Gasteiger partial charge >= 0.3 is 0 Å². The second kappa shape index (κ2) is 6.93. The van der Waals surface area contributed by atoms with Crippen LogP contribution < -0.4 is 20.5 Å². The summed E-state index contributed by atoms with van der Waals surface area (Å²) in [5, 5.41) is 2.60. The molecule has 1 atom stereocenters. The number of halogens is 2. The molecule has 7 nitrogen and oxygen atoms in total. The second-order valence-corrected chi connectivity index (χ2v) is 6.91. The van der Waals surface area contributed by atoms with Gasteiger partial charge in [0.05, 0.1) is 5.69 Å². The highest BCUT2D eigenvalue weighted by atomic mass is 79.9. The highest BCUT2D eigenvalue weighted by Gasteiger charge is 2.25. The van der Waals surface area contributed by atoms with Crippen molar-refractivity contribution < 1.29 is 17.9 Å². The van der Waals surface area contributed by atoms with Crippen LogP contribution in [0, 0.1) is 0 Å². The van der Waals surface area contributed by atoms with Gasteiger partial charge in [0.25, 0.3) is 5.91 Å². The minimum atomic E-state index is -3.72. The van der Waals surface area contributed by atoms with Gasteiger partial charge in [0.1, 0.15) is 10.6 Å². The Kier molecular flexibility index (Phi) is 6.00. The van der Waals surface area contributed by atoms with Gasteiger partial charge in [-0.3, -0.25) is 4.79 Å². The molecule has 118 valence electrons. The summed E-state index contributed by atoms with van der Waals surface area (Å²) < 4.78 is 32.5. The van der Waals surface area contributed by atoms with Crippen molar-refractivity contribution in [3.63, 3.8) is 0 Å². The van der Waals surface area contributed by atoms with Crippen molar-refractivity contribution in [1.82, 2.24) is 4.72 Å². The van der Waals surface area contributed by atoms with Crippen LogP contribution in [0.4, 0.5) is 5.69 Å². The fourth-order valence-electron chi connectivity index (χ4n) is 1.66. The summed E-state index contributed by atoms with van der Waals surface area (Å²) in [6, 6.07) is 2.47. The van der Waals surface area contributed by atoms with E-state index in [1.807, 2.05) is 0 Å². The van der Waals surface area contributed by atoms with E-state index >= 15 is 0 Å². The smallest absolute Gasteiger partial charge is 0.262 e. The van der Waals surface area contributed by atoms with Crippen molar-refractivity contribution in [2.24, 2.45) is 5.73 Å². The van der Waals surface area contributed by atoms with Crippen molar-refractivity contribution in [1.29, 1.82) is 0 Å². The van der Waals surface area contributed by atoms with Crippen LogP contribution in [0.1, 0.15) is 6.92 Å². The minimum Gasteiger partial charge on any atom is -0.482 e. The predicted octanol–water partition coefficient (Wildman–Crippen LogP) is 0.827. The minimum absolute atomic E-state index is 0. The lowest BCUT2D eigenvalue weighted by Gasteiger charge is -2.20. The Morgan fingerprint density at radius 3 is 2.81 bits per heavy atom. The number of benzene rings is 1. The third-order valence-corrected chi connectivity index (χ3v) is 5.21. The maximum Gasteiger partial charge on any atom is 0.262 e. The Labute approximate surface area is 137 Å². The van der Waals surface area contributed by atoms with E-state index in [1.54, 1.807) is 6.92 Å². The molecule has 2 rings (SSSR count). The molecular formula is C11H15BrClN3O4S. The van der Waals surface area contributed by atoms with Crippen molar-refractivity contribution in [2.45, 2.75) is 17.9 Å². The molecule has 0 bridgehead atoms. The van der Waals surface area contributed by atoms with Gasteiger partial charge in [0.2, 0.25) is 10.0 Å². The average molecular weight is 401 g/mol. The molecule has 0 radical (unpaired) electrons. The molecular weight excluding hydrogens is 386 g/mol. The van der Waals surface area contributed by atoms with Crippen LogP contribution >= 0.6 is 28.3 Å². The standard InChI is InChI=1S/C11H14BrN3O4S.ClH/c1-6(4-13)15-20(17,18)10-3-9-8(2-7(10)12)14-11(16)5-19-9;/h2-3,6,15H,4-5,13H2,1H3,(H,14,16);1H/t6-;/m0./s1. The van der Waals surface area contributed by atoms with Gasteiger partial charge in [-0.05, 0) is 28.9 Å². The summed E-state index contributed by atoms with van der Waals surface area (Å²) in [6.07, 6.45) is 0. The number of sulfonamides is 1. The fraction of sp³-hybridized carbons (Fsp3) is 0.364. The molecule has 1 aliphatic heterocycles. The van der Waals surface area contributed by atoms with Gasteiger partial charge in [-0.25, -0.2) is 13.1 Å². The highest BCUT2D eigenvalue weighted by molar-refractivity contribution is 9.10. The number of carbonyl (C=O) groups excluding carboxylic acids is 1. The van der Waals surface area contributed by atoms with Gasteiger partial charge in [0.15, 0.2) is 6.61 Å². The van der Waals surface area contributed by atoms with E-state index in [0.29, 0.717) is 15.9 Å². The Hall–Kier alpha value is -0.870. The van der Waals surface area contributed by atoms with E-state index in [1.165, 1.54) is 12.1 Å². The Morgan fingerprint density at radius 1 is 1.52 bits per heavy atom. The summed E-state index contributed by atoms with van der Waals surface area (Å²) >= 11 is 3.19. The fourth-order valence-corrected chi connectivity index (χ4v) is 3.98. The number of rotatable bonds is 4. The highest BCUT2D eigenvalue weighted by Crippen LogP contribution is 2.35. The molecule has 4 N–H and O–H groups in total. The molecule has 1 amide bonds. The molecule has 1 aliphatic rings. The number of carbonyl (C=O) groups is 1. The number of nitrogens with two attached hydrogens (primary N) is 1. The maximum atomic E-state index is 12.2. The average Bonchev–Trinajstić information content (AvgIpc) is 2.36. The van der Waals surface area contributed by atoms with Crippen molar-refractivity contribution in [2.75, 3.05) is 18.5 Å². The largest absolute Gasteiger partial charge is 0.482 e. The van der Waals surface area contributed by atoms with E-state index in [4.69, 9.17) is 10.5 Å². The van der Waals surface area contributed by atoms with Crippen LogP contribution in [-0.2, 0) is 14.8 Å². The first kappa shape index (κ1) is 18.2. The zero-order valence-corrected chi connectivity index (χ0v) is 14.3. The normalized spacial score (nSPS) is 15.3. The zero-order valence-electron chi connectivity index (χ0n) is 11.1. The molecule has 1 aromatic carbocycles. The first-order valence-electron chi connectivity index (χ1n) is 5.82. The van der Waals surface area contributed by atoms with E-state index in [0.717, 1.165) is 0 Å².